The smallest absolute Gasteiger partial charge is 0.231 e. The van der Waals surface area contributed by atoms with Crippen LogP contribution in [0.15, 0.2) is 54.8 Å². The Morgan fingerprint density at radius 2 is 1.65 bits per heavy atom. The number of para-hydroxylation sites is 1. The van der Waals surface area contributed by atoms with Gasteiger partial charge in [0.15, 0.2) is 0 Å². The first-order chi connectivity index (χ1) is 16.7. The van der Waals surface area contributed by atoms with Crippen LogP contribution in [0.3, 0.4) is 0 Å². The topological polar surface area (TPSA) is 25.2 Å². The van der Waals surface area contributed by atoms with E-state index in [1.807, 2.05) is 4.57 Å². The molecule has 0 radical (unpaired) electrons. The Morgan fingerprint density at radius 1 is 0.941 bits per heavy atom. The number of allylic oxidation sites excluding steroid dienone is 4. The fraction of sp³-hybridized carbons (Fsp3) is 0.581. The highest BCUT2D eigenvalue weighted by Crippen LogP contribution is 2.33. The number of aromatic nitrogens is 1. The molecule has 0 amide bonds. The summed E-state index contributed by atoms with van der Waals surface area (Å²) in [5, 5.41) is 1.26. The second-order valence-electron chi connectivity index (χ2n) is 10.1. The molecule has 1 atom stereocenters. The molecule has 0 N–H and O–H groups in total. The highest BCUT2D eigenvalue weighted by Gasteiger charge is 2.25. The molecule has 0 bridgehead atoms. The Balaban J connectivity index is 1.32. The quantitative estimate of drug-likeness (QED) is 0.196. The van der Waals surface area contributed by atoms with E-state index in [0.717, 1.165) is 37.9 Å². The summed E-state index contributed by atoms with van der Waals surface area (Å²) in [4.78, 5) is 15.4. The molecular weight excluding hydrogens is 416 g/mol. The van der Waals surface area contributed by atoms with Crippen molar-refractivity contribution in [3.8, 4) is 0 Å². The van der Waals surface area contributed by atoms with Crippen molar-refractivity contribution in [2.45, 2.75) is 96.3 Å². The Kier molecular flexibility index (Phi) is 11.7. The van der Waals surface area contributed by atoms with Crippen LogP contribution in [0.5, 0.6) is 0 Å². The normalized spacial score (nSPS) is 17.1. The van der Waals surface area contributed by atoms with Gasteiger partial charge in [-0.2, -0.15) is 0 Å². The number of hydrogen-bond acceptors (Lipinski definition) is 2. The first-order valence-corrected chi connectivity index (χ1v) is 13.8. The third-order valence-electron chi connectivity index (χ3n) is 7.18. The van der Waals surface area contributed by atoms with Crippen LogP contribution < -0.4 is 0 Å². The number of likely N-dealkylation sites (N-methyl/N-ethyl adjacent to an activating group) is 1. The molecule has 0 saturated carbocycles. The molecule has 0 aliphatic carbocycles. The molecule has 1 fully saturated rings. The first kappa shape index (κ1) is 26.5. The monoisotopic (exact) mass is 462 g/mol. The van der Waals surface area contributed by atoms with Crippen molar-refractivity contribution in [3.05, 3.63) is 60.3 Å². The van der Waals surface area contributed by atoms with Crippen LogP contribution in [-0.4, -0.2) is 35.5 Å². The Morgan fingerprint density at radius 3 is 2.38 bits per heavy atom. The molecule has 3 heteroatoms. The standard InChI is InChI=1S/C31H46N2O/c1-3-4-5-6-7-8-9-10-11-12-13-14-15-16-17-22-31(34)33-26-29(27-23-24-32(2)25-27)28-20-18-19-21-30(28)33/h7-8,10-11,18-21,26-27H,3-6,9,12-17,22-25H2,1-2H3/b8-7-,11-10-. The third kappa shape index (κ3) is 8.27. The highest BCUT2D eigenvalue weighted by atomic mass is 16.2. The van der Waals surface area contributed by atoms with E-state index >= 15 is 0 Å². The molecule has 3 rings (SSSR count). The minimum atomic E-state index is 0.250. The van der Waals surface area contributed by atoms with Crippen molar-refractivity contribution >= 4 is 16.8 Å². The number of carbonyl (C=O) groups excluding carboxylic acids is 1. The average molecular weight is 463 g/mol. The number of likely N-dealkylation sites (tertiary alicyclic amines) is 1. The number of nitrogens with zero attached hydrogens (tertiary/aromatic N) is 2. The van der Waals surface area contributed by atoms with Crippen molar-refractivity contribution < 1.29 is 4.79 Å². The molecule has 3 nitrogen and oxygen atoms in total. The minimum absolute atomic E-state index is 0.250. The highest BCUT2D eigenvalue weighted by molar-refractivity contribution is 5.94. The van der Waals surface area contributed by atoms with E-state index in [9.17, 15) is 4.79 Å². The van der Waals surface area contributed by atoms with Gasteiger partial charge in [-0.1, -0.05) is 81.5 Å². The fourth-order valence-corrected chi connectivity index (χ4v) is 5.13. The molecule has 186 valence electrons. The van der Waals surface area contributed by atoms with Gasteiger partial charge in [0.05, 0.1) is 5.52 Å². The summed E-state index contributed by atoms with van der Waals surface area (Å²) in [6, 6.07) is 8.44. The van der Waals surface area contributed by atoms with Crippen LogP contribution >= 0.6 is 0 Å². The predicted octanol–water partition coefficient (Wildman–Crippen LogP) is 8.51. The summed E-state index contributed by atoms with van der Waals surface area (Å²) in [5.74, 6) is 0.791. The van der Waals surface area contributed by atoms with Crippen LogP contribution in [0.2, 0.25) is 0 Å². The summed E-state index contributed by atoms with van der Waals surface area (Å²) in [5.41, 5.74) is 2.44. The van der Waals surface area contributed by atoms with Gasteiger partial charge in [0, 0.05) is 24.5 Å². The Labute approximate surface area is 207 Å². The van der Waals surface area contributed by atoms with Gasteiger partial charge in [-0.25, -0.2) is 0 Å². The van der Waals surface area contributed by atoms with E-state index in [4.69, 9.17) is 0 Å². The molecule has 1 unspecified atom stereocenters. The predicted molar refractivity (Wildman–Crippen MR) is 147 cm³/mol. The van der Waals surface area contributed by atoms with Crippen LogP contribution in [0, 0.1) is 0 Å². The van der Waals surface area contributed by atoms with E-state index < -0.39 is 0 Å². The van der Waals surface area contributed by atoms with Crippen molar-refractivity contribution in [2.75, 3.05) is 20.1 Å². The number of unbranched alkanes of at least 4 members (excludes halogenated alkanes) is 8. The summed E-state index contributed by atoms with van der Waals surface area (Å²) in [6.07, 6.45) is 26.6. The van der Waals surface area contributed by atoms with Crippen LogP contribution in [-0.2, 0) is 0 Å². The molecule has 1 aromatic carbocycles. The number of rotatable bonds is 15. The lowest BCUT2D eigenvalue weighted by atomic mass is 9.98. The SMILES string of the molecule is CCCCC/C=C\C/C=C\CCCCCCCC(=O)n1cc(C2CCN(C)C2)c2ccccc21. The number of fused-ring (bicyclic) bond motifs is 1. The summed E-state index contributed by atoms with van der Waals surface area (Å²) in [7, 11) is 2.19. The molecule has 34 heavy (non-hydrogen) atoms. The summed E-state index contributed by atoms with van der Waals surface area (Å²) >= 11 is 0. The van der Waals surface area contributed by atoms with E-state index in [0.29, 0.717) is 12.3 Å². The molecule has 1 aliphatic heterocycles. The fourth-order valence-electron chi connectivity index (χ4n) is 5.13. The zero-order valence-electron chi connectivity index (χ0n) is 21.7. The van der Waals surface area contributed by atoms with Gasteiger partial charge in [0.2, 0.25) is 5.91 Å². The molecule has 1 saturated heterocycles. The molecular formula is C31H46N2O. The maximum atomic E-state index is 13.0. The van der Waals surface area contributed by atoms with Gasteiger partial charge in [-0.05, 0) is 76.1 Å². The zero-order chi connectivity index (χ0) is 24.0. The molecule has 1 aliphatic rings. The van der Waals surface area contributed by atoms with Gasteiger partial charge in [0.1, 0.15) is 0 Å². The van der Waals surface area contributed by atoms with Crippen LogP contribution in [0.1, 0.15) is 107 Å². The van der Waals surface area contributed by atoms with Gasteiger partial charge in [0.25, 0.3) is 0 Å². The van der Waals surface area contributed by atoms with E-state index in [1.165, 1.54) is 68.7 Å². The van der Waals surface area contributed by atoms with Crippen molar-refractivity contribution in [1.82, 2.24) is 9.47 Å². The maximum Gasteiger partial charge on any atom is 0.231 e. The van der Waals surface area contributed by atoms with Gasteiger partial charge in [-0.15, -0.1) is 0 Å². The van der Waals surface area contributed by atoms with Gasteiger partial charge >= 0.3 is 0 Å². The lowest BCUT2D eigenvalue weighted by molar-refractivity contribution is 0.0904. The largest absolute Gasteiger partial charge is 0.306 e. The molecule has 0 spiro atoms. The average Bonchev–Trinajstić information content (AvgIpc) is 3.45. The number of benzene rings is 1. The van der Waals surface area contributed by atoms with Crippen LogP contribution in [0.25, 0.3) is 10.9 Å². The summed E-state index contributed by atoms with van der Waals surface area (Å²) < 4.78 is 1.94. The first-order valence-electron chi connectivity index (χ1n) is 13.8. The van der Waals surface area contributed by atoms with Crippen molar-refractivity contribution in [2.24, 2.45) is 0 Å². The maximum absolute atomic E-state index is 13.0. The summed E-state index contributed by atoms with van der Waals surface area (Å²) in [6.45, 7) is 4.49. The Hall–Kier alpha value is -2.13. The van der Waals surface area contributed by atoms with E-state index in [1.54, 1.807) is 0 Å². The minimum Gasteiger partial charge on any atom is -0.306 e. The van der Waals surface area contributed by atoms with E-state index in [2.05, 4.69) is 73.6 Å². The second kappa shape index (κ2) is 15.0. The van der Waals surface area contributed by atoms with Crippen molar-refractivity contribution in [3.63, 3.8) is 0 Å². The Bertz CT molecular complexity index is 923. The molecule has 2 aromatic rings. The zero-order valence-corrected chi connectivity index (χ0v) is 21.7. The van der Waals surface area contributed by atoms with Crippen molar-refractivity contribution in [1.29, 1.82) is 0 Å². The van der Waals surface area contributed by atoms with E-state index in [-0.39, 0.29) is 5.91 Å². The van der Waals surface area contributed by atoms with Crippen LogP contribution in [0.4, 0.5) is 0 Å². The van der Waals surface area contributed by atoms with Gasteiger partial charge < -0.3 is 4.90 Å². The number of hydrogen-bond donors (Lipinski definition) is 0. The lowest BCUT2D eigenvalue weighted by Gasteiger charge is -2.09. The third-order valence-corrected chi connectivity index (χ3v) is 7.18. The number of carbonyl (C=O) groups is 1. The molecule has 1 aromatic heterocycles. The molecule has 2 heterocycles. The second-order valence-corrected chi connectivity index (χ2v) is 10.1. The van der Waals surface area contributed by atoms with Gasteiger partial charge in [-0.3, -0.25) is 9.36 Å². The lowest BCUT2D eigenvalue weighted by Crippen LogP contribution is -2.13.